The summed E-state index contributed by atoms with van der Waals surface area (Å²) in [6.45, 7) is 11.8. The monoisotopic (exact) mass is 735 g/mol. The highest BCUT2D eigenvalue weighted by atomic mass is 127. The van der Waals surface area contributed by atoms with Gasteiger partial charge in [0, 0.05) is 6.04 Å². The molecule has 3 N–H and O–H groups in total. The zero-order valence-corrected chi connectivity index (χ0v) is 26.9. The molecule has 6 nitrogen and oxygen atoms in total. The minimum absolute atomic E-state index is 0.0468. The number of methoxy groups -OCH3 is 1. The predicted molar refractivity (Wildman–Crippen MR) is 157 cm³/mol. The molecule has 0 fully saturated rings. The lowest BCUT2D eigenvalue weighted by Gasteiger charge is -2.42. The molecule has 0 saturated heterocycles. The summed E-state index contributed by atoms with van der Waals surface area (Å²) in [4.78, 5) is 25.1. The van der Waals surface area contributed by atoms with Gasteiger partial charge in [-0.25, -0.2) is 0 Å². The molecule has 0 bridgehead atoms. The lowest BCUT2D eigenvalue weighted by Crippen LogP contribution is -2.50. The fourth-order valence-corrected chi connectivity index (χ4v) is 7.38. The Morgan fingerprint density at radius 3 is 2.03 bits per heavy atom. The zero-order chi connectivity index (χ0) is 27.1. The second kappa shape index (κ2) is 14.0. The summed E-state index contributed by atoms with van der Waals surface area (Å²) in [6.07, 6.45) is 2.31. The molecule has 200 valence electrons. The van der Waals surface area contributed by atoms with Crippen molar-refractivity contribution < 1.29 is 24.2 Å². The van der Waals surface area contributed by atoms with E-state index in [2.05, 4.69) is 0 Å². The number of rotatable bonds is 13. The first kappa shape index (κ1) is 32.7. The standard InChI is InChI=1S/C26H40ClI2NO5/c1-8-18(19(9-2)26(27,12-15(3)4)24(33)34-7)13-25(6,16(5)30)23(32)35-14-17-10-20(28)22(31)21(29)11-17/h10-11,15-16,18-19,31H,8-9,12-14,30H2,1-7H3. The van der Waals surface area contributed by atoms with E-state index in [9.17, 15) is 14.7 Å². The highest BCUT2D eigenvalue weighted by Crippen LogP contribution is 2.46. The normalized spacial score (nSPS) is 17.7. The molecule has 5 unspecified atom stereocenters. The van der Waals surface area contributed by atoms with Crippen molar-refractivity contribution in [3.63, 3.8) is 0 Å². The number of carbonyl (C=O) groups is 2. The van der Waals surface area contributed by atoms with Gasteiger partial charge in [0.15, 0.2) is 0 Å². The Labute approximate surface area is 242 Å². The van der Waals surface area contributed by atoms with Crippen LogP contribution in [-0.2, 0) is 25.7 Å². The third-order valence-corrected chi connectivity index (χ3v) is 9.19. The van der Waals surface area contributed by atoms with Crippen molar-refractivity contribution in [1.82, 2.24) is 0 Å². The van der Waals surface area contributed by atoms with E-state index < -0.39 is 22.3 Å². The molecular formula is C26H40ClI2NO5. The highest BCUT2D eigenvalue weighted by Gasteiger charge is 2.50. The van der Waals surface area contributed by atoms with Crippen LogP contribution in [0, 0.1) is 30.3 Å². The van der Waals surface area contributed by atoms with Crippen LogP contribution in [0.4, 0.5) is 0 Å². The first-order valence-electron chi connectivity index (χ1n) is 12.0. The van der Waals surface area contributed by atoms with Gasteiger partial charge in [-0.1, -0.05) is 40.5 Å². The summed E-state index contributed by atoms with van der Waals surface area (Å²) in [6, 6.07) is 3.11. The van der Waals surface area contributed by atoms with Gasteiger partial charge in [-0.05, 0) is 107 Å². The smallest absolute Gasteiger partial charge is 0.327 e. The van der Waals surface area contributed by atoms with Gasteiger partial charge >= 0.3 is 11.9 Å². The van der Waals surface area contributed by atoms with E-state index in [1.165, 1.54) is 7.11 Å². The van der Waals surface area contributed by atoms with Crippen LogP contribution in [0.25, 0.3) is 0 Å². The molecule has 5 atom stereocenters. The molecule has 0 aliphatic rings. The largest absolute Gasteiger partial charge is 0.506 e. The van der Waals surface area contributed by atoms with Gasteiger partial charge in [0.2, 0.25) is 0 Å². The van der Waals surface area contributed by atoms with Gasteiger partial charge in [-0.3, -0.25) is 9.59 Å². The number of halogens is 3. The molecule has 1 rings (SSSR count). The van der Waals surface area contributed by atoms with Crippen LogP contribution >= 0.6 is 56.8 Å². The van der Waals surface area contributed by atoms with Gasteiger partial charge in [-0.15, -0.1) is 11.6 Å². The van der Waals surface area contributed by atoms with E-state index in [1.807, 2.05) is 86.7 Å². The molecule has 35 heavy (non-hydrogen) atoms. The van der Waals surface area contributed by atoms with Crippen molar-refractivity contribution in [2.75, 3.05) is 7.11 Å². The third-order valence-electron chi connectivity index (χ3n) is 6.96. The topological polar surface area (TPSA) is 98.9 Å². The van der Waals surface area contributed by atoms with Crippen molar-refractivity contribution >= 4 is 68.7 Å². The average Bonchev–Trinajstić information content (AvgIpc) is 2.78. The number of hydrogen-bond donors (Lipinski definition) is 2. The fraction of sp³-hybridized carbons (Fsp3) is 0.692. The Bertz CT molecular complexity index is 858. The number of carbonyl (C=O) groups excluding carboxylic acids is 2. The summed E-state index contributed by atoms with van der Waals surface area (Å²) in [5.74, 6) is -0.654. The van der Waals surface area contributed by atoms with E-state index in [4.69, 9.17) is 26.8 Å². The molecule has 0 aromatic heterocycles. The summed E-state index contributed by atoms with van der Waals surface area (Å²) in [7, 11) is 1.36. The molecule has 0 aliphatic carbocycles. The predicted octanol–water partition coefficient (Wildman–Crippen LogP) is 6.64. The van der Waals surface area contributed by atoms with Gasteiger partial charge in [-0.2, -0.15) is 0 Å². The Hall–Kier alpha value is -0.330. The van der Waals surface area contributed by atoms with Crippen molar-refractivity contribution in [2.45, 2.75) is 84.7 Å². The van der Waals surface area contributed by atoms with E-state index in [1.54, 1.807) is 12.1 Å². The molecule has 0 aliphatic heterocycles. The highest BCUT2D eigenvalue weighted by molar-refractivity contribution is 14.1. The third kappa shape index (κ3) is 8.07. The van der Waals surface area contributed by atoms with Crippen molar-refractivity contribution in [3.05, 3.63) is 24.8 Å². The zero-order valence-electron chi connectivity index (χ0n) is 21.8. The van der Waals surface area contributed by atoms with E-state index >= 15 is 0 Å². The molecule has 1 aromatic rings. The van der Waals surface area contributed by atoms with Crippen molar-refractivity contribution in [1.29, 1.82) is 0 Å². The van der Waals surface area contributed by atoms with Crippen LogP contribution in [0.5, 0.6) is 5.75 Å². The van der Waals surface area contributed by atoms with E-state index in [-0.39, 0.29) is 36.1 Å². The van der Waals surface area contributed by atoms with Crippen LogP contribution in [0.2, 0.25) is 0 Å². The maximum absolute atomic E-state index is 13.4. The molecule has 0 spiro atoms. The molecule has 0 amide bonds. The number of phenols is 1. The van der Waals surface area contributed by atoms with Gasteiger partial charge < -0.3 is 20.3 Å². The summed E-state index contributed by atoms with van der Waals surface area (Å²) >= 11 is 11.2. The number of ether oxygens (including phenoxy) is 2. The van der Waals surface area contributed by atoms with Gasteiger partial charge in [0.25, 0.3) is 0 Å². The number of phenolic OH excluding ortho intramolecular Hbond substituents is 1. The quantitative estimate of drug-likeness (QED) is 0.134. The molecule has 0 heterocycles. The first-order chi connectivity index (χ1) is 16.2. The van der Waals surface area contributed by atoms with Crippen LogP contribution < -0.4 is 5.73 Å². The van der Waals surface area contributed by atoms with Gasteiger partial charge in [0.05, 0.1) is 19.7 Å². The second-order valence-corrected chi connectivity index (χ2v) is 13.0. The molecule has 0 saturated carbocycles. The maximum Gasteiger partial charge on any atom is 0.327 e. The number of esters is 2. The number of aromatic hydroxyl groups is 1. The average molecular weight is 736 g/mol. The van der Waals surface area contributed by atoms with Crippen molar-refractivity contribution in [2.24, 2.45) is 28.9 Å². The Kier molecular flexibility index (Phi) is 13.1. The van der Waals surface area contributed by atoms with Crippen LogP contribution in [-0.4, -0.2) is 35.1 Å². The Balaban J connectivity index is 3.23. The maximum atomic E-state index is 13.4. The summed E-state index contributed by atoms with van der Waals surface area (Å²) in [5, 5.41) is 10.0. The number of alkyl halides is 1. The number of benzene rings is 1. The second-order valence-electron chi connectivity index (χ2n) is 10.0. The minimum Gasteiger partial charge on any atom is -0.506 e. The lowest BCUT2D eigenvalue weighted by atomic mass is 9.66. The van der Waals surface area contributed by atoms with E-state index in [0.29, 0.717) is 26.4 Å². The lowest BCUT2D eigenvalue weighted by molar-refractivity contribution is -0.159. The van der Waals surface area contributed by atoms with Gasteiger partial charge in [0.1, 0.15) is 17.2 Å². The minimum atomic E-state index is -1.18. The Morgan fingerprint density at radius 1 is 1.09 bits per heavy atom. The van der Waals surface area contributed by atoms with Crippen molar-refractivity contribution in [3.8, 4) is 5.75 Å². The SMILES string of the molecule is CCC(CC(C)(C(=O)OCc1cc(I)c(O)c(I)c1)C(C)N)C(CC)C(Cl)(CC(C)C)C(=O)OC. The first-order valence-corrected chi connectivity index (χ1v) is 14.6. The summed E-state index contributed by atoms with van der Waals surface area (Å²) in [5.41, 5.74) is 6.18. The number of nitrogens with two attached hydrogens (primary N) is 1. The van der Waals surface area contributed by atoms with Crippen LogP contribution in [0.15, 0.2) is 12.1 Å². The van der Waals surface area contributed by atoms with E-state index in [0.717, 1.165) is 12.0 Å². The van der Waals surface area contributed by atoms with Crippen LogP contribution in [0.1, 0.15) is 72.8 Å². The molecule has 1 aromatic carbocycles. The fourth-order valence-electron chi connectivity index (χ4n) is 4.77. The molecule has 9 heteroatoms. The van der Waals surface area contributed by atoms with Crippen LogP contribution in [0.3, 0.4) is 0 Å². The molecular weight excluding hydrogens is 696 g/mol. The Morgan fingerprint density at radius 2 is 1.63 bits per heavy atom. The number of hydrogen-bond acceptors (Lipinski definition) is 6. The summed E-state index contributed by atoms with van der Waals surface area (Å²) < 4.78 is 12.3. The molecule has 0 radical (unpaired) electrons.